The molecule has 0 aliphatic heterocycles. The molecule has 9 heteroatoms. The molecule has 3 rings (SSSR count). The molecule has 0 bridgehead atoms. The number of hydrogen-bond donors (Lipinski definition) is 1. The van der Waals surface area contributed by atoms with E-state index in [1.165, 1.54) is 0 Å². The van der Waals surface area contributed by atoms with Gasteiger partial charge in [-0.05, 0) is 67.8 Å². The predicted molar refractivity (Wildman–Crippen MR) is 102 cm³/mol. The molecule has 4 nitrogen and oxygen atoms in total. The van der Waals surface area contributed by atoms with Gasteiger partial charge in [-0.15, -0.1) is 0 Å². The van der Waals surface area contributed by atoms with Crippen LogP contribution in [0.15, 0.2) is 62.5 Å². The van der Waals surface area contributed by atoms with E-state index < -0.39 is 26.6 Å². The third kappa shape index (κ3) is 3.71. The number of rotatable bonds is 3. The van der Waals surface area contributed by atoms with Crippen LogP contribution in [0.25, 0.3) is 22.4 Å². The smallest absolute Gasteiger partial charge is 0.243 e. The van der Waals surface area contributed by atoms with Crippen molar-refractivity contribution < 1.29 is 17.2 Å². The average molecular weight is 504 g/mol. The minimum Gasteiger partial charge on any atom is -0.256 e. The van der Waals surface area contributed by atoms with E-state index in [1.807, 2.05) is 6.07 Å². The molecule has 0 aliphatic rings. The summed E-state index contributed by atoms with van der Waals surface area (Å²) < 4.78 is 52.8. The summed E-state index contributed by atoms with van der Waals surface area (Å²) >= 11 is 6.78. The lowest BCUT2D eigenvalue weighted by molar-refractivity contribution is 0.520. The molecule has 0 spiro atoms. The van der Waals surface area contributed by atoms with Crippen molar-refractivity contribution in [2.24, 2.45) is 5.14 Å². The number of sulfonamides is 1. The Morgan fingerprint density at radius 1 is 0.923 bits per heavy atom. The van der Waals surface area contributed by atoms with Crippen molar-refractivity contribution in [2.45, 2.75) is 4.90 Å². The highest BCUT2D eigenvalue weighted by atomic mass is 79.9. The number of primary sulfonamides is 1. The van der Waals surface area contributed by atoms with Crippen LogP contribution in [0.2, 0.25) is 0 Å². The van der Waals surface area contributed by atoms with Crippen molar-refractivity contribution in [1.82, 2.24) is 4.98 Å². The first-order valence-corrected chi connectivity index (χ1v) is 10.2. The third-order valence-corrected chi connectivity index (χ3v) is 6.43. The van der Waals surface area contributed by atoms with Crippen LogP contribution >= 0.6 is 31.9 Å². The van der Waals surface area contributed by atoms with Crippen LogP contribution in [0.1, 0.15) is 0 Å². The lowest BCUT2D eigenvalue weighted by atomic mass is 9.99. The van der Waals surface area contributed by atoms with Crippen molar-refractivity contribution in [3.63, 3.8) is 0 Å². The molecule has 2 aromatic carbocycles. The van der Waals surface area contributed by atoms with Crippen LogP contribution in [0.5, 0.6) is 0 Å². The second-order valence-corrected chi connectivity index (χ2v) is 8.55. The zero-order valence-corrected chi connectivity index (χ0v) is 16.9. The quantitative estimate of drug-likeness (QED) is 0.554. The fourth-order valence-corrected chi connectivity index (χ4v) is 3.79. The van der Waals surface area contributed by atoms with Crippen LogP contribution < -0.4 is 5.14 Å². The molecule has 1 aromatic heterocycles. The lowest BCUT2D eigenvalue weighted by Crippen LogP contribution is -2.16. The summed E-state index contributed by atoms with van der Waals surface area (Å²) in [6.07, 6.45) is 1.56. The van der Waals surface area contributed by atoms with Crippen LogP contribution in [-0.4, -0.2) is 13.4 Å². The highest BCUT2D eigenvalue weighted by molar-refractivity contribution is 9.13. The Morgan fingerprint density at radius 2 is 1.58 bits per heavy atom. The molecule has 0 saturated heterocycles. The maximum atomic E-state index is 14.2. The van der Waals surface area contributed by atoms with E-state index in [0.717, 1.165) is 21.1 Å². The molecule has 2 N–H and O–H groups in total. The Morgan fingerprint density at radius 3 is 2.15 bits per heavy atom. The van der Waals surface area contributed by atoms with Crippen molar-refractivity contribution in [3.8, 4) is 22.4 Å². The summed E-state index contributed by atoms with van der Waals surface area (Å²) in [6.45, 7) is 0. The van der Waals surface area contributed by atoms with Crippen LogP contribution in [0.3, 0.4) is 0 Å². The number of hydrogen-bond acceptors (Lipinski definition) is 3. The number of nitrogens with two attached hydrogens (primary N) is 1. The Bertz CT molecular complexity index is 1100. The summed E-state index contributed by atoms with van der Waals surface area (Å²) in [7, 11) is -4.51. The number of nitrogens with zero attached hydrogens (tertiary/aromatic N) is 1. The fraction of sp³-hybridized carbons (Fsp3) is 0. The summed E-state index contributed by atoms with van der Waals surface area (Å²) in [6, 6.07) is 10.5. The van der Waals surface area contributed by atoms with E-state index in [0.29, 0.717) is 16.8 Å². The maximum Gasteiger partial charge on any atom is 0.243 e. The largest absolute Gasteiger partial charge is 0.256 e. The summed E-state index contributed by atoms with van der Waals surface area (Å²) in [4.78, 5) is 3.15. The van der Waals surface area contributed by atoms with Gasteiger partial charge in [-0.25, -0.2) is 22.3 Å². The lowest BCUT2D eigenvalue weighted by Gasteiger charge is -2.11. The molecule has 3 aromatic rings. The van der Waals surface area contributed by atoms with Crippen LogP contribution in [0, 0.1) is 11.6 Å². The van der Waals surface area contributed by atoms with Crippen LogP contribution in [-0.2, 0) is 10.0 Å². The average Bonchev–Trinajstić information content (AvgIpc) is 2.55. The topological polar surface area (TPSA) is 73.1 Å². The molecular weight excluding hydrogens is 494 g/mol. The Balaban J connectivity index is 2.22. The van der Waals surface area contributed by atoms with Crippen molar-refractivity contribution in [2.75, 3.05) is 0 Å². The van der Waals surface area contributed by atoms with Gasteiger partial charge in [0, 0.05) is 26.3 Å². The number of benzene rings is 2. The standard InChI is InChI=1S/C17H10Br2F2N2O2S/c18-12-4-3-9(6-13(12)19)16-11(2-1-5-23-16)10-7-14(20)17(15(21)8-10)26(22,24)25/h1-8H,(H2,22,24,25). The van der Waals surface area contributed by atoms with Gasteiger partial charge in [0.05, 0.1) is 5.69 Å². The Hall–Kier alpha value is -1.68. The minimum atomic E-state index is -4.51. The van der Waals surface area contributed by atoms with Crippen molar-refractivity contribution >= 4 is 41.9 Å². The second-order valence-electron chi connectivity index (χ2n) is 5.34. The molecule has 0 aliphatic carbocycles. The predicted octanol–water partition coefficient (Wildman–Crippen LogP) is 4.87. The molecule has 134 valence electrons. The first-order valence-electron chi connectivity index (χ1n) is 7.11. The Kier molecular flexibility index (Phi) is 5.25. The zero-order valence-electron chi connectivity index (χ0n) is 12.9. The highest BCUT2D eigenvalue weighted by Crippen LogP contribution is 2.35. The van der Waals surface area contributed by atoms with Gasteiger partial charge in [-0.1, -0.05) is 12.1 Å². The Labute approximate surface area is 165 Å². The van der Waals surface area contributed by atoms with Crippen molar-refractivity contribution in [1.29, 1.82) is 0 Å². The van der Waals surface area contributed by atoms with Gasteiger partial charge in [-0.3, -0.25) is 4.98 Å². The second kappa shape index (κ2) is 7.15. The van der Waals surface area contributed by atoms with Gasteiger partial charge < -0.3 is 0 Å². The van der Waals surface area contributed by atoms with Crippen molar-refractivity contribution in [3.05, 3.63) is 69.2 Å². The third-order valence-electron chi connectivity index (χ3n) is 3.59. The van der Waals surface area contributed by atoms with Gasteiger partial charge >= 0.3 is 0 Å². The highest BCUT2D eigenvalue weighted by Gasteiger charge is 2.22. The summed E-state index contributed by atoms with van der Waals surface area (Å²) in [5.41, 5.74) is 1.80. The summed E-state index contributed by atoms with van der Waals surface area (Å²) in [5.74, 6) is -2.51. The molecule has 0 fully saturated rings. The normalized spacial score (nSPS) is 11.6. The number of aromatic nitrogens is 1. The van der Waals surface area contributed by atoms with Gasteiger partial charge in [0.15, 0.2) is 4.90 Å². The van der Waals surface area contributed by atoms with Gasteiger partial charge in [0.25, 0.3) is 0 Å². The maximum absolute atomic E-state index is 14.2. The van der Waals surface area contributed by atoms with Gasteiger partial charge in [0.1, 0.15) is 11.6 Å². The number of halogens is 4. The van der Waals surface area contributed by atoms with E-state index in [2.05, 4.69) is 36.8 Å². The first kappa shape index (κ1) is 19.1. The van der Waals surface area contributed by atoms with Crippen LogP contribution in [0.4, 0.5) is 8.78 Å². The number of pyridine rings is 1. The minimum absolute atomic E-state index is 0.148. The monoisotopic (exact) mass is 502 g/mol. The molecule has 1 heterocycles. The van der Waals surface area contributed by atoms with Gasteiger partial charge in [-0.2, -0.15) is 0 Å². The van der Waals surface area contributed by atoms with E-state index >= 15 is 0 Å². The van der Waals surface area contributed by atoms with E-state index in [4.69, 9.17) is 5.14 Å². The molecule has 0 saturated carbocycles. The molecular formula is C17H10Br2F2N2O2S. The summed E-state index contributed by atoms with van der Waals surface area (Å²) in [5, 5.41) is 4.87. The van der Waals surface area contributed by atoms with Gasteiger partial charge in [0.2, 0.25) is 10.0 Å². The SMILES string of the molecule is NS(=O)(=O)c1c(F)cc(-c2cccnc2-c2ccc(Br)c(Br)c2)cc1F. The van der Waals surface area contributed by atoms with E-state index in [-0.39, 0.29) is 5.56 Å². The molecule has 26 heavy (non-hydrogen) atoms. The fourth-order valence-electron chi connectivity index (χ4n) is 2.50. The zero-order chi connectivity index (χ0) is 19.1. The first-order chi connectivity index (χ1) is 12.2. The molecule has 0 amide bonds. The molecule has 0 radical (unpaired) electrons. The molecule has 0 atom stereocenters. The molecule has 0 unspecified atom stereocenters. The van der Waals surface area contributed by atoms with E-state index in [1.54, 1.807) is 30.5 Å². The van der Waals surface area contributed by atoms with E-state index in [9.17, 15) is 17.2 Å².